The van der Waals surface area contributed by atoms with E-state index < -0.39 is 4.92 Å². The number of hydrogen-bond donors (Lipinski definition) is 1. The van der Waals surface area contributed by atoms with E-state index in [9.17, 15) is 14.9 Å². The molecule has 0 spiro atoms. The number of hydrazine groups is 1. The minimum absolute atomic E-state index is 0.0138. The minimum atomic E-state index is -0.440. The van der Waals surface area contributed by atoms with E-state index >= 15 is 0 Å². The number of thiazole rings is 1. The molecular weight excluding hydrogens is 402 g/mol. The first-order valence-electron chi connectivity index (χ1n) is 8.35. The van der Waals surface area contributed by atoms with Crippen LogP contribution in [0.15, 0.2) is 47.5 Å². The van der Waals surface area contributed by atoms with Crippen molar-refractivity contribution in [3.63, 3.8) is 0 Å². The van der Waals surface area contributed by atoms with Gasteiger partial charge in [0.15, 0.2) is 0 Å². The van der Waals surface area contributed by atoms with Gasteiger partial charge in [-0.25, -0.2) is 15.0 Å². The number of fused-ring (bicyclic) bond motifs is 1. The van der Waals surface area contributed by atoms with Crippen molar-refractivity contribution in [2.75, 3.05) is 0 Å². The lowest BCUT2D eigenvalue weighted by Gasteiger charge is -2.22. The van der Waals surface area contributed by atoms with E-state index in [0.717, 1.165) is 5.56 Å². The van der Waals surface area contributed by atoms with Crippen LogP contribution < -0.4 is 5.43 Å². The van der Waals surface area contributed by atoms with Gasteiger partial charge in [0.25, 0.3) is 5.69 Å². The molecule has 2 aromatic carbocycles. The summed E-state index contributed by atoms with van der Waals surface area (Å²) in [6, 6.07) is 11.6. The zero-order valence-corrected chi connectivity index (χ0v) is 16.2. The van der Waals surface area contributed by atoms with E-state index in [1.807, 2.05) is 12.1 Å². The number of hydrogen-bond acceptors (Lipinski definition) is 6. The summed E-state index contributed by atoms with van der Waals surface area (Å²) >= 11 is 7.21. The molecule has 1 amide bonds. The van der Waals surface area contributed by atoms with Gasteiger partial charge in [-0.05, 0) is 23.8 Å². The molecule has 2 heterocycles. The molecule has 1 N–H and O–H groups in total. The maximum Gasteiger partial charge on any atom is 0.270 e. The van der Waals surface area contributed by atoms with E-state index in [0.29, 0.717) is 32.6 Å². The number of nitrogens with one attached hydrogen (secondary N) is 1. The summed E-state index contributed by atoms with van der Waals surface area (Å²) in [7, 11) is 0. The van der Waals surface area contributed by atoms with Gasteiger partial charge in [0.2, 0.25) is 11.0 Å². The summed E-state index contributed by atoms with van der Waals surface area (Å²) < 4.78 is 0.684. The lowest BCUT2D eigenvalue weighted by molar-refractivity contribution is -0.384. The third-order valence-electron chi connectivity index (χ3n) is 4.34. The van der Waals surface area contributed by atoms with Crippen molar-refractivity contribution >= 4 is 55.7 Å². The van der Waals surface area contributed by atoms with Gasteiger partial charge < -0.3 is 0 Å². The lowest BCUT2D eigenvalue weighted by Crippen LogP contribution is -2.38. The zero-order chi connectivity index (χ0) is 19.8. The van der Waals surface area contributed by atoms with Gasteiger partial charge >= 0.3 is 0 Å². The molecular formula is C18H14ClN5O3S. The van der Waals surface area contributed by atoms with Crippen LogP contribution >= 0.6 is 22.9 Å². The maximum absolute atomic E-state index is 12.0. The number of nitrogens with zero attached hydrogens (tertiary/aromatic N) is 4. The fraction of sp³-hybridized carbons (Fsp3) is 0.167. The fourth-order valence-electron chi connectivity index (χ4n) is 3.04. The number of carbonyl (C=O) groups excluding carboxylic acids is 1. The van der Waals surface area contributed by atoms with Gasteiger partial charge in [0.1, 0.15) is 5.84 Å². The van der Waals surface area contributed by atoms with Crippen molar-refractivity contribution in [2.24, 2.45) is 4.99 Å². The van der Waals surface area contributed by atoms with Gasteiger partial charge in [-0.3, -0.25) is 20.3 Å². The Morgan fingerprint density at radius 3 is 2.79 bits per heavy atom. The molecule has 142 valence electrons. The Balaban J connectivity index is 1.64. The number of non-ortho nitro benzene ring substituents is 1. The molecule has 1 saturated heterocycles. The Morgan fingerprint density at radius 2 is 2.11 bits per heavy atom. The van der Waals surface area contributed by atoms with Crippen LogP contribution in [0.5, 0.6) is 0 Å². The van der Waals surface area contributed by atoms with Crippen molar-refractivity contribution in [3.8, 4) is 0 Å². The molecule has 0 saturated carbocycles. The number of benzene rings is 2. The standard InChI is InChI=1S/C18H14ClN5O3S/c1-10(25)23-15(11-2-4-12(19)5-3-11)9-17(22-23)21-18-20-14-7-6-13(24(26)27)8-16(14)28-18/h2-8,15H,9H2,1H3,(H,20,21,22). The third kappa shape index (κ3) is 3.54. The van der Waals surface area contributed by atoms with Crippen molar-refractivity contribution in [1.82, 2.24) is 15.4 Å². The summed E-state index contributed by atoms with van der Waals surface area (Å²) in [6.45, 7) is 1.48. The molecule has 0 radical (unpaired) electrons. The molecule has 1 atom stereocenters. The average molecular weight is 416 g/mol. The Kier molecular flexibility index (Phi) is 4.70. The molecule has 10 heteroatoms. The zero-order valence-electron chi connectivity index (χ0n) is 14.6. The Labute approximate surface area is 168 Å². The van der Waals surface area contributed by atoms with Gasteiger partial charge in [-0.1, -0.05) is 35.1 Å². The predicted octanol–water partition coefficient (Wildman–Crippen LogP) is 4.39. The van der Waals surface area contributed by atoms with E-state index in [2.05, 4.69) is 15.4 Å². The van der Waals surface area contributed by atoms with Crippen LogP contribution in [-0.4, -0.2) is 26.7 Å². The van der Waals surface area contributed by atoms with Crippen LogP contribution in [0.3, 0.4) is 0 Å². The SMILES string of the molecule is CC(=O)N1NC(=Nc2nc3ccc([N+](=O)[O-])cc3s2)CC1c1ccc(Cl)cc1. The number of nitro benzene ring substituents is 1. The van der Waals surface area contributed by atoms with Crippen LogP contribution in [0.2, 0.25) is 5.02 Å². The number of nitro groups is 1. The van der Waals surface area contributed by atoms with Crippen molar-refractivity contribution < 1.29 is 9.72 Å². The average Bonchev–Trinajstić information content (AvgIpc) is 3.25. The molecule has 1 aliphatic rings. The first-order chi connectivity index (χ1) is 13.4. The highest BCUT2D eigenvalue weighted by Gasteiger charge is 2.32. The minimum Gasteiger partial charge on any atom is -0.282 e. The highest BCUT2D eigenvalue weighted by atomic mass is 35.5. The fourth-order valence-corrected chi connectivity index (χ4v) is 4.06. The molecule has 0 aliphatic carbocycles. The van der Waals surface area contributed by atoms with Gasteiger partial charge in [-0.2, -0.15) is 0 Å². The molecule has 1 unspecified atom stereocenters. The van der Waals surface area contributed by atoms with E-state index in [-0.39, 0.29) is 17.6 Å². The number of amides is 1. The summed E-state index contributed by atoms with van der Waals surface area (Å²) in [6.07, 6.45) is 0.497. The molecule has 28 heavy (non-hydrogen) atoms. The quantitative estimate of drug-likeness (QED) is 0.505. The highest BCUT2D eigenvalue weighted by Crippen LogP contribution is 2.33. The first-order valence-corrected chi connectivity index (χ1v) is 9.54. The van der Waals surface area contributed by atoms with Crippen molar-refractivity contribution in [1.29, 1.82) is 0 Å². The summed E-state index contributed by atoms with van der Waals surface area (Å²) in [5, 5.41) is 13.6. The number of aromatic nitrogens is 1. The topological polar surface area (TPSA) is 101 Å². The second-order valence-electron chi connectivity index (χ2n) is 6.24. The van der Waals surface area contributed by atoms with E-state index in [4.69, 9.17) is 11.6 Å². The summed E-state index contributed by atoms with van der Waals surface area (Å²) in [4.78, 5) is 31.5. The highest BCUT2D eigenvalue weighted by molar-refractivity contribution is 7.22. The molecule has 0 bridgehead atoms. The number of carbonyl (C=O) groups is 1. The molecule has 3 aromatic rings. The Hall–Kier alpha value is -3.04. The summed E-state index contributed by atoms with van der Waals surface area (Å²) in [5.74, 6) is 0.466. The smallest absolute Gasteiger partial charge is 0.270 e. The monoisotopic (exact) mass is 415 g/mol. The van der Waals surface area contributed by atoms with Gasteiger partial charge in [0.05, 0.1) is 21.2 Å². The number of rotatable bonds is 3. The molecule has 1 aliphatic heterocycles. The van der Waals surface area contributed by atoms with Crippen LogP contribution in [0, 0.1) is 10.1 Å². The second-order valence-corrected chi connectivity index (χ2v) is 7.68. The van der Waals surface area contributed by atoms with Crippen LogP contribution in [-0.2, 0) is 4.79 Å². The van der Waals surface area contributed by atoms with E-state index in [1.54, 1.807) is 18.2 Å². The number of aliphatic imine (C=N–C) groups is 1. The van der Waals surface area contributed by atoms with Crippen molar-refractivity contribution in [3.05, 3.63) is 63.2 Å². The van der Waals surface area contributed by atoms with Crippen LogP contribution in [0.25, 0.3) is 10.2 Å². The third-order valence-corrected chi connectivity index (χ3v) is 5.51. The number of amidine groups is 1. The van der Waals surface area contributed by atoms with Crippen LogP contribution in [0.4, 0.5) is 10.8 Å². The molecule has 1 aromatic heterocycles. The molecule has 8 nitrogen and oxygen atoms in total. The van der Waals surface area contributed by atoms with E-state index in [1.165, 1.54) is 35.4 Å². The summed E-state index contributed by atoms with van der Waals surface area (Å²) in [5.41, 5.74) is 4.64. The maximum atomic E-state index is 12.0. The van der Waals surface area contributed by atoms with Crippen LogP contribution in [0.1, 0.15) is 24.9 Å². The second kappa shape index (κ2) is 7.17. The van der Waals surface area contributed by atoms with Gasteiger partial charge in [-0.15, -0.1) is 0 Å². The first kappa shape index (κ1) is 18.3. The number of halogens is 1. The lowest BCUT2D eigenvalue weighted by atomic mass is 10.0. The molecule has 1 fully saturated rings. The van der Waals surface area contributed by atoms with Crippen molar-refractivity contribution in [2.45, 2.75) is 19.4 Å². The largest absolute Gasteiger partial charge is 0.282 e. The Bertz CT molecular complexity index is 1110. The molecule has 4 rings (SSSR count). The van der Waals surface area contributed by atoms with Gasteiger partial charge in [0, 0.05) is 30.5 Å². The Morgan fingerprint density at radius 1 is 1.36 bits per heavy atom. The normalized spacial score (nSPS) is 17.9. The predicted molar refractivity (Wildman–Crippen MR) is 108 cm³/mol.